The molecule has 0 saturated carbocycles. The van der Waals surface area contributed by atoms with E-state index in [-0.39, 0.29) is 24.6 Å². The van der Waals surface area contributed by atoms with E-state index in [4.69, 9.17) is 16.3 Å². The van der Waals surface area contributed by atoms with Gasteiger partial charge in [-0.3, -0.25) is 4.79 Å². The van der Waals surface area contributed by atoms with Gasteiger partial charge < -0.3 is 10.1 Å². The van der Waals surface area contributed by atoms with E-state index in [1.54, 1.807) is 24.3 Å². The molecule has 1 atom stereocenters. The molecule has 0 aliphatic heterocycles. The van der Waals surface area contributed by atoms with Crippen LogP contribution in [0.4, 0.5) is 10.1 Å². The molecule has 2 aromatic rings. The summed E-state index contributed by atoms with van der Waals surface area (Å²) in [5.41, 5.74) is 0.473. The van der Waals surface area contributed by atoms with Gasteiger partial charge in [-0.05, 0) is 61.9 Å². The average Bonchev–Trinajstić information content (AvgIpc) is 2.61. The van der Waals surface area contributed by atoms with Crippen molar-refractivity contribution < 1.29 is 22.3 Å². The Morgan fingerprint density at radius 3 is 2.38 bits per heavy atom. The Hall–Kier alpha value is -2.12. The lowest BCUT2D eigenvalue weighted by Crippen LogP contribution is -2.34. The van der Waals surface area contributed by atoms with Crippen LogP contribution in [-0.2, 0) is 14.6 Å². The number of ether oxygens (including phenoxy) is 1. The Kier molecular flexibility index (Phi) is 6.99. The summed E-state index contributed by atoms with van der Waals surface area (Å²) in [6, 6.07) is 11.8. The lowest BCUT2D eigenvalue weighted by molar-refractivity contribution is -0.115. The zero-order valence-electron chi connectivity index (χ0n) is 14.1. The first-order valence-corrected chi connectivity index (χ1v) is 10.0. The smallest absolute Gasteiger partial charge is 0.242 e. The fraction of sp³-hybridized carbons (Fsp3) is 0.278. The molecule has 8 heteroatoms. The van der Waals surface area contributed by atoms with Crippen molar-refractivity contribution in [2.75, 3.05) is 17.7 Å². The third-order valence-electron chi connectivity index (χ3n) is 3.68. The Balaban J connectivity index is 1.82. The average molecular weight is 400 g/mol. The van der Waals surface area contributed by atoms with E-state index in [1.165, 1.54) is 31.2 Å². The molecular weight excluding hydrogens is 381 g/mol. The van der Waals surface area contributed by atoms with Gasteiger partial charge in [0.2, 0.25) is 5.91 Å². The van der Waals surface area contributed by atoms with Crippen LogP contribution in [-0.4, -0.2) is 31.9 Å². The van der Waals surface area contributed by atoms with Crippen LogP contribution in [0.15, 0.2) is 48.5 Å². The Morgan fingerprint density at radius 2 is 1.77 bits per heavy atom. The van der Waals surface area contributed by atoms with E-state index in [2.05, 4.69) is 5.32 Å². The van der Waals surface area contributed by atoms with Crippen LogP contribution < -0.4 is 10.1 Å². The maximum atomic E-state index is 12.8. The van der Waals surface area contributed by atoms with E-state index in [9.17, 15) is 17.6 Å². The number of amides is 1. The summed E-state index contributed by atoms with van der Waals surface area (Å²) in [6.07, 6.45) is 0.221. The quantitative estimate of drug-likeness (QED) is 0.687. The highest BCUT2D eigenvalue weighted by Gasteiger charge is 2.27. The molecule has 0 saturated heterocycles. The molecule has 2 aromatic carbocycles. The molecule has 2 rings (SSSR count). The van der Waals surface area contributed by atoms with Crippen molar-refractivity contribution in [2.45, 2.75) is 18.6 Å². The van der Waals surface area contributed by atoms with Crippen LogP contribution in [0, 0.1) is 5.82 Å². The molecule has 0 aliphatic carbocycles. The largest absolute Gasteiger partial charge is 0.494 e. The van der Waals surface area contributed by atoms with Gasteiger partial charge in [0.25, 0.3) is 0 Å². The molecule has 0 bridgehead atoms. The number of carbonyl (C=O) groups is 1. The Bertz CT molecular complexity index is 838. The molecule has 0 heterocycles. The second kappa shape index (κ2) is 9.00. The zero-order chi connectivity index (χ0) is 19.2. The van der Waals surface area contributed by atoms with Crippen LogP contribution in [0.25, 0.3) is 0 Å². The number of nitrogens with one attached hydrogen (secondary N) is 1. The maximum absolute atomic E-state index is 12.8. The van der Waals surface area contributed by atoms with Gasteiger partial charge in [0.05, 0.1) is 12.4 Å². The summed E-state index contributed by atoms with van der Waals surface area (Å²) in [7, 11) is -3.63. The molecule has 1 N–H and O–H groups in total. The highest BCUT2D eigenvalue weighted by atomic mass is 35.5. The van der Waals surface area contributed by atoms with Crippen molar-refractivity contribution in [3.63, 3.8) is 0 Å². The van der Waals surface area contributed by atoms with Crippen molar-refractivity contribution >= 4 is 33.0 Å². The summed E-state index contributed by atoms with van der Waals surface area (Å²) < 4.78 is 42.7. The second-order valence-electron chi connectivity index (χ2n) is 5.66. The molecule has 0 aliphatic rings. The van der Waals surface area contributed by atoms with Crippen LogP contribution in [0.3, 0.4) is 0 Å². The summed E-state index contributed by atoms with van der Waals surface area (Å²) in [5.74, 6) is -0.715. The van der Waals surface area contributed by atoms with Crippen LogP contribution in [0.1, 0.15) is 13.3 Å². The Labute approximate surface area is 157 Å². The first-order chi connectivity index (χ1) is 12.3. The van der Waals surface area contributed by atoms with Gasteiger partial charge in [-0.15, -0.1) is 0 Å². The zero-order valence-corrected chi connectivity index (χ0v) is 15.7. The van der Waals surface area contributed by atoms with E-state index >= 15 is 0 Å². The number of rotatable bonds is 8. The molecule has 5 nitrogen and oxygen atoms in total. The number of sulfone groups is 1. The van der Waals surface area contributed by atoms with Crippen molar-refractivity contribution in [3.8, 4) is 5.75 Å². The lowest BCUT2D eigenvalue weighted by Gasteiger charge is -2.13. The predicted octanol–water partition coefficient (Wildman–Crippen LogP) is 3.69. The third kappa shape index (κ3) is 6.00. The van der Waals surface area contributed by atoms with E-state index in [0.29, 0.717) is 16.5 Å². The summed E-state index contributed by atoms with van der Waals surface area (Å²) in [6.45, 7) is 1.50. The van der Waals surface area contributed by atoms with E-state index in [1.807, 2.05) is 0 Å². The topological polar surface area (TPSA) is 72.5 Å². The SMILES string of the molecule is C[C@@H](C(=O)Nc1ccc(Cl)cc1)S(=O)(=O)CCCOc1ccc(F)cc1. The number of benzene rings is 2. The molecular formula is C18H19ClFNO4S. The summed E-state index contributed by atoms with van der Waals surface area (Å²) >= 11 is 5.77. The number of halogens is 2. The van der Waals surface area contributed by atoms with Crippen molar-refractivity contribution in [3.05, 3.63) is 59.4 Å². The van der Waals surface area contributed by atoms with Crippen molar-refractivity contribution in [1.29, 1.82) is 0 Å². The first-order valence-electron chi connectivity index (χ1n) is 7.94. The second-order valence-corrected chi connectivity index (χ2v) is 8.54. The minimum absolute atomic E-state index is 0.149. The van der Waals surface area contributed by atoms with Crippen molar-refractivity contribution in [1.82, 2.24) is 0 Å². The van der Waals surface area contributed by atoms with Gasteiger partial charge in [-0.25, -0.2) is 12.8 Å². The van der Waals surface area contributed by atoms with Crippen LogP contribution >= 0.6 is 11.6 Å². The highest BCUT2D eigenvalue weighted by molar-refractivity contribution is 7.92. The normalized spacial score (nSPS) is 12.4. The molecule has 0 fully saturated rings. The minimum Gasteiger partial charge on any atom is -0.494 e. The van der Waals surface area contributed by atoms with E-state index < -0.39 is 21.0 Å². The van der Waals surface area contributed by atoms with Gasteiger partial charge in [-0.1, -0.05) is 11.6 Å². The monoisotopic (exact) mass is 399 g/mol. The fourth-order valence-corrected chi connectivity index (χ4v) is 3.48. The first kappa shape index (κ1) is 20.2. The molecule has 0 radical (unpaired) electrons. The van der Waals surface area contributed by atoms with Gasteiger partial charge in [0, 0.05) is 10.7 Å². The minimum atomic E-state index is -3.63. The standard InChI is InChI=1S/C18H19ClFNO4S/c1-13(18(22)21-16-7-3-14(19)4-8-16)26(23,24)12-2-11-25-17-9-5-15(20)6-10-17/h3-10,13H,2,11-12H2,1H3,(H,21,22)/t13-/m0/s1. The van der Waals surface area contributed by atoms with E-state index in [0.717, 1.165) is 0 Å². The Morgan fingerprint density at radius 1 is 1.15 bits per heavy atom. The van der Waals surface area contributed by atoms with Gasteiger partial charge >= 0.3 is 0 Å². The van der Waals surface area contributed by atoms with Gasteiger partial charge in [0.15, 0.2) is 9.84 Å². The highest BCUT2D eigenvalue weighted by Crippen LogP contribution is 2.15. The number of hydrogen-bond donors (Lipinski definition) is 1. The predicted molar refractivity (Wildman–Crippen MR) is 99.8 cm³/mol. The van der Waals surface area contributed by atoms with Gasteiger partial charge in [0.1, 0.15) is 16.8 Å². The van der Waals surface area contributed by atoms with Crippen molar-refractivity contribution in [2.24, 2.45) is 0 Å². The number of hydrogen-bond acceptors (Lipinski definition) is 4. The molecule has 26 heavy (non-hydrogen) atoms. The molecule has 0 unspecified atom stereocenters. The number of carbonyl (C=O) groups excluding carboxylic acids is 1. The summed E-state index contributed by atoms with van der Waals surface area (Å²) in [4.78, 5) is 12.1. The molecule has 1 amide bonds. The van der Waals surface area contributed by atoms with Crippen LogP contribution in [0.2, 0.25) is 5.02 Å². The molecule has 0 spiro atoms. The number of anilines is 1. The molecule has 0 aromatic heterocycles. The molecule has 140 valence electrons. The maximum Gasteiger partial charge on any atom is 0.242 e. The summed E-state index contributed by atoms with van der Waals surface area (Å²) in [5, 5.41) is 1.88. The third-order valence-corrected chi connectivity index (χ3v) is 6.08. The van der Waals surface area contributed by atoms with Crippen LogP contribution in [0.5, 0.6) is 5.75 Å². The fourth-order valence-electron chi connectivity index (χ4n) is 2.10. The lowest BCUT2D eigenvalue weighted by atomic mass is 10.3. The van der Waals surface area contributed by atoms with Gasteiger partial charge in [-0.2, -0.15) is 0 Å².